The van der Waals surface area contributed by atoms with E-state index in [1.54, 1.807) is 0 Å². The van der Waals surface area contributed by atoms with E-state index in [-0.39, 0.29) is 0 Å². The van der Waals surface area contributed by atoms with Gasteiger partial charge in [0.15, 0.2) is 0 Å². The maximum Gasteiger partial charge on any atom is 0.119 e. The molecular weight excluding hydrogens is 354 g/mol. The summed E-state index contributed by atoms with van der Waals surface area (Å²) in [5.74, 6) is 0.931. The predicted octanol–water partition coefficient (Wildman–Crippen LogP) is 6.39. The molecule has 150 valence electrons. The van der Waals surface area contributed by atoms with Gasteiger partial charge in [0, 0.05) is 6.54 Å². The van der Waals surface area contributed by atoms with Crippen LogP contribution in [0, 0.1) is 0 Å². The van der Waals surface area contributed by atoms with E-state index in [4.69, 9.17) is 4.74 Å². The highest BCUT2D eigenvalue weighted by Crippen LogP contribution is 2.27. The lowest BCUT2D eigenvalue weighted by molar-refractivity contribution is 0.249. The van der Waals surface area contributed by atoms with Gasteiger partial charge in [0.2, 0.25) is 0 Å². The van der Waals surface area contributed by atoms with Crippen molar-refractivity contribution in [1.29, 1.82) is 0 Å². The quantitative estimate of drug-likeness (QED) is 0.296. The molecule has 2 heteroatoms. The standard InChI is InChI=1S/C27H31NO/c1-3-28(4-2)20-11-21-29-26-18-16-25(17-19-26)27(24-14-9-6-10-15-24)22-23-12-7-5-8-13-23/h5-10,12-19,22H,3-4,11,20-21H2,1-2H3/b27-22+. The molecule has 0 unspecified atom stereocenters. The molecule has 0 atom stereocenters. The van der Waals surface area contributed by atoms with Gasteiger partial charge in [0.25, 0.3) is 0 Å². The van der Waals surface area contributed by atoms with Gasteiger partial charge < -0.3 is 9.64 Å². The molecule has 0 saturated heterocycles. The molecule has 0 aromatic heterocycles. The van der Waals surface area contributed by atoms with Gasteiger partial charge in [-0.25, -0.2) is 0 Å². The van der Waals surface area contributed by atoms with Crippen LogP contribution in [-0.2, 0) is 0 Å². The molecule has 0 aliphatic heterocycles. The summed E-state index contributed by atoms with van der Waals surface area (Å²) < 4.78 is 5.96. The molecule has 0 saturated carbocycles. The van der Waals surface area contributed by atoms with Crippen molar-refractivity contribution in [2.45, 2.75) is 20.3 Å². The second kappa shape index (κ2) is 11.2. The molecular formula is C27H31NO. The third-order valence-corrected chi connectivity index (χ3v) is 5.14. The Hall–Kier alpha value is -2.84. The van der Waals surface area contributed by atoms with Crippen LogP contribution in [0.5, 0.6) is 5.75 Å². The minimum atomic E-state index is 0.751. The summed E-state index contributed by atoms with van der Waals surface area (Å²) in [6, 6.07) is 29.5. The first-order valence-electron chi connectivity index (χ1n) is 10.6. The van der Waals surface area contributed by atoms with E-state index in [0.29, 0.717) is 0 Å². The van der Waals surface area contributed by atoms with E-state index in [1.807, 2.05) is 6.07 Å². The Bertz CT molecular complexity index is 865. The molecule has 0 aliphatic rings. The van der Waals surface area contributed by atoms with Crippen LogP contribution in [0.15, 0.2) is 84.9 Å². The minimum absolute atomic E-state index is 0.751. The normalized spacial score (nSPS) is 11.6. The Morgan fingerprint density at radius 2 is 1.34 bits per heavy atom. The molecule has 0 aliphatic carbocycles. The zero-order chi connectivity index (χ0) is 20.3. The van der Waals surface area contributed by atoms with Crippen molar-refractivity contribution in [3.8, 4) is 5.75 Å². The summed E-state index contributed by atoms with van der Waals surface area (Å²) in [4.78, 5) is 2.42. The van der Waals surface area contributed by atoms with Crippen LogP contribution < -0.4 is 4.74 Å². The first kappa shape index (κ1) is 20.9. The van der Waals surface area contributed by atoms with E-state index < -0.39 is 0 Å². The predicted molar refractivity (Wildman–Crippen MR) is 124 cm³/mol. The summed E-state index contributed by atoms with van der Waals surface area (Å²) in [6.07, 6.45) is 3.29. The second-order valence-corrected chi connectivity index (χ2v) is 7.09. The second-order valence-electron chi connectivity index (χ2n) is 7.09. The zero-order valence-corrected chi connectivity index (χ0v) is 17.6. The molecule has 0 spiro atoms. The van der Waals surface area contributed by atoms with Crippen molar-refractivity contribution >= 4 is 11.6 Å². The molecule has 3 aromatic rings. The number of hydrogen-bond donors (Lipinski definition) is 0. The molecule has 3 rings (SSSR count). The number of nitrogens with zero attached hydrogens (tertiary/aromatic N) is 1. The van der Waals surface area contributed by atoms with Gasteiger partial charge in [0.1, 0.15) is 5.75 Å². The molecule has 3 aromatic carbocycles. The van der Waals surface area contributed by atoms with Crippen LogP contribution in [0.2, 0.25) is 0 Å². The number of benzene rings is 3. The van der Waals surface area contributed by atoms with Gasteiger partial charge in [-0.2, -0.15) is 0 Å². The van der Waals surface area contributed by atoms with Gasteiger partial charge in [-0.05, 0) is 60.0 Å². The van der Waals surface area contributed by atoms with Crippen molar-refractivity contribution in [3.63, 3.8) is 0 Å². The Kier molecular flexibility index (Phi) is 8.09. The van der Waals surface area contributed by atoms with E-state index >= 15 is 0 Å². The van der Waals surface area contributed by atoms with E-state index in [1.165, 1.54) is 22.3 Å². The lowest BCUT2D eigenvalue weighted by atomic mass is 9.95. The summed E-state index contributed by atoms with van der Waals surface area (Å²) in [6.45, 7) is 8.44. The smallest absolute Gasteiger partial charge is 0.119 e. The average molecular weight is 386 g/mol. The molecule has 0 N–H and O–H groups in total. The summed E-state index contributed by atoms with van der Waals surface area (Å²) in [7, 11) is 0. The number of hydrogen-bond acceptors (Lipinski definition) is 2. The Labute approximate surface area is 175 Å². The molecule has 0 heterocycles. The van der Waals surface area contributed by atoms with E-state index in [0.717, 1.165) is 38.4 Å². The van der Waals surface area contributed by atoms with Crippen LogP contribution in [-0.4, -0.2) is 31.1 Å². The lowest BCUT2D eigenvalue weighted by Gasteiger charge is -2.17. The van der Waals surface area contributed by atoms with Gasteiger partial charge in [-0.15, -0.1) is 0 Å². The van der Waals surface area contributed by atoms with Crippen LogP contribution in [0.1, 0.15) is 37.0 Å². The molecule has 0 radical (unpaired) electrons. The number of ether oxygens (including phenoxy) is 1. The third kappa shape index (κ3) is 6.33. The highest BCUT2D eigenvalue weighted by atomic mass is 16.5. The molecule has 0 bridgehead atoms. The topological polar surface area (TPSA) is 12.5 Å². The maximum atomic E-state index is 5.96. The first-order valence-corrected chi connectivity index (χ1v) is 10.6. The molecule has 0 fully saturated rings. The zero-order valence-electron chi connectivity index (χ0n) is 17.6. The summed E-state index contributed by atoms with van der Waals surface area (Å²) >= 11 is 0. The molecule has 29 heavy (non-hydrogen) atoms. The van der Waals surface area contributed by atoms with Gasteiger partial charge in [0.05, 0.1) is 6.61 Å². The van der Waals surface area contributed by atoms with E-state index in [2.05, 4.69) is 104 Å². The third-order valence-electron chi connectivity index (χ3n) is 5.14. The van der Waals surface area contributed by atoms with Crippen molar-refractivity contribution in [2.24, 2.45) is 0 Å². The molecule has 0 amide bonds. The van der Waals surface area contributed by atoms with Crippen LogP contribution in [0.3, 0.4) is 0 Å². The minimum Gasteiger partial charge on any atom is -0.494 e. The fourth-order valence-electron chi connectivity index (χ4n) is 3.42. The largest absolute Gasteiger partial charge is 0.494 e. The van der Waals surface area contributed by atoms with Crippen LogP contribution in [0.4, 0.5) is 0 Å². The lowest BCUT2D eigenvalue weighted by Crippen LogP contribution is -2.25. The van der Waals surface area contributed by atoms with Crippen molar-refractivity contribution in [2.75, 3.05) is 26.2 Å². The van der Waals surface area contributed by atoms with Crippen molar-refractivity contribution in [1.82, 2.24) is 4.90 Å². The summed E-state index contributed by atoms with van der Waals surface area (Å²) in [5.41, 5.74) is 4.81. The SMILES string of the molecule is CCN(CC)CCCOc1ccc(/C(=C/c2ccccc2)c2ccccc2)cc1. The van der Waals surface area contributed by atoms with Gasteiger partial charge >= 0.3 is 0 Å². The van der Waals surface area contributed by atoms with Crippen LogP contribution >= 0.6 is 0 Å². The fraction of sp³-hybridized carbons (Fsp3) is 0.259. The fourth-order valence-corrected chi connectivity index (χ4v) is 3.42. The average Bonchev–Trinajstić information content (AvgIpc) is 2.79. The Morgan fingerprint density at radius 1 is 0.759 bits per heavy atom. The van der Waals surface area contributed by atoms with Gasteiger partial charge in [-0.3, -0.25) is 0 Å². The van der Waals surface area contributed by atoms with Crippen LogP contribution in [0.25, 0.3) is 11.6 Å². The van der Waals surface area contributed by atoms with Gasteiger partial charge in [-0.1, -0.05) is 86.6 Å². The maximum absolute atomic E-state index is 5.96. The first-order chi connectivity index (χ1) is 14.3. The highest BCUT2D eigenvalue weighted by molar-refractivity contribution is 5.91. The van der Waals surface area contributed by atoms with Crippen molar-refractivity contribution < 1.29 is 4.74 Å². The Balaban J connectivity index is 1.72. The number of rotatable bonds is 10. The monoisotopic (exact) mass is 385 g/mol. The summed E-state index contributed by atoms with van der Waals surface area (Å²) in [5, 5.41) is 0. The molecule has 2 nitrogen and oxygen atoms in total. The van der Waals surface area contributed by atoms with E-state index in [9.17, 15) is 0 Å². The highest BCUT2D eigenvalue weighted by Gasteiger charge is 2.06. The Morgan fingerprint density at radius 3 is 1.97 bits per heavy atom. The van der Waals surface area contributed by atoms with Crippen molar-refractivity contribution in [3.05, 3.63) is 102 Å².